The van der Waals surface area contributed by atoms with Gasteiger partial charge in [-0.2, -0.15) is 0 Å². The summed E-state index contributed by atoms with van der Waals surface area (Å²) in [7, 11) is 0. The maximum absolute atomic E-state index is 6.22. The zero-order chi connectivity index (χ0) is 13.6. The molecule has 1 fully saturated rings. The van der Waals surface area contributed by atoms with Gasteiger partial charge < -0.3 is 5.73 Å². The Kier molecular flexibility index (Phi) is 6.13. The van der Waals surface area contributed by atoms with E-state index in [9.17, 15) is 0 Å². The third-order valence-electron chi connectivity index (χ3n) is 4.80. The van der Waals surface area contributed by atoms with Crippen LogP contribution < -0.4 is 5.73 Å². The average molecular weight is 254 g/mol. The smallest absolute Gasteiger partial charge is 0.0331 e. The van der Waals surface area contributed by atoms with E-state index >= 15 is 0 Å². The lowest BCUT2D eigenvalue weighted by molar-refractivity contribution is 0.0747. The Balaban J connectivity index is 2.81. The van der Waals surface area contributed by atoms with E-state index in [1.165, 1.54) is 58.0 Å². The lowest BCUT2D eigenvalue weighted by atomic mass is 9.82. The molecule has 0 aromatic carbocycles. The van der Waals surface area contributed by atoms with Gasteiger partial charge in [0.15, 0.2) is 0 Å². The van der Waals surface area contributed by atoms with Gasteiger partial charge in [-0.15, -0.1) is 0 Å². The molecule has 1 rings (SSSR count). The van der Waals surface area contributed by atoms with E-state index in [-0.39, 0.29) is 0 Å². The van der Waals surface area contributed by atoms with Gasteiger partial charge in [-0.1, -0.05) is 34.1 Å². The molecule has 0 saturated heterocycles. The first-order valence-corrected chi connectivity index (χ1v) is 7.95. The van der Waals surface area contributed by atoms with E-state index in [1.54, 1.807) is 0 Å². The van der Waals surface area contributed by atoms with E-state index < -0.39 is 0 Å². The van der Waals surface area contributed by atoms with E-state index in [2.05, 4.69) is 32.6 Å². The minimum atomic E-state index is 0.291. The first kappa shape index (κ1) is 16.0. The van der Waals surface area contributed by atoms with Gasteiger partial charge in [-0.25, -0.2) is 0 Å². The summed E-state index contributed by atoms with van der Waals surface area (Å²) in [5.74, 6) is 0. The molecule has 0 aromatic heterocycles. The van der Waals surface area contributed by atoms with Gasteiger partial charge in [-0.3, -0.25) is 4.90 Å². The highest BCUT2D eigenvalue weighted by Crippen LogP contribution is 2.40. The zero-order valence-corrected chi connectivity index (χ0v) is 13.1. The first-order valence-electron chi connectivity index (χ1n) is 7.95. The minimum Gasteiger partial charge on any atom is -0.329 e. The fourth-order valence-electron chi connectivity index (χ4n) is 3.49. The number of hydrogen-bond acceptors (Lipinski definition) is 2. The topological polar surface area (TPSA) is 29.3 Å². The lowest BCUT2D eigenvalue weighted by Crippen LogP contribution is -2.54. The quantitative estimate of drug-likeness (QED) is 0.731. The van der Waals surface area contributed by atoms with Crippen LogP contribution in [-0.4, -0.2) is 30.1 Å². The van der Waals surface area contributed by atoms with Gasteiger partial charge in [0.2, 0.25) is 0 Å². The molecule has 0 amide bonds. The largest absolute Gasteiger partial charge is 0.329 e. The molecule has 1 unspecified atom stereocenters. The Morgan fingerprint density at radius 3 is 2.06 bits per heavy atom. The standard InChI is InChI=1S/C16H34N2/c1-5-12-18(13-6-2)16(14-17)9-7-8-15(3,4)10-11-16/h5-14,17H2,1-4H3. The van der Waals surface area contributed by atoms with Gasteiger partial charge in [0.05, 0.1) is 0 Å². The summed E-state index contributed by atoms with van der Waals surface area (Å²) in [6.45, 7) is 12.7. The van der Waals surface area contributed by atoms with Crippen LogP contribution >= 0.6 is 0 Å². The molecule has 2 heteroatoms. The molecule has 0 spiro atoms. The van der Waals surface area contributed by atoms with Crippen LogP contribution in [0.4, 0.5) is 0 Å². The Morgan fingerprint density at radius 1 is 0.944 bits per heavy atom. The van der Waals surface area contributed by atoms with E-state index in [4.69, 9.17) is 5.73 Å². The summed E-state index contributed by atoms with van der Waals surface area (Å²) >= 11 is 0. The first-order chi connectivity index (χ1) is 8.49. The van der Waals surface area contributed by atoms with Gasteiger partial charge in [-0.05, 0) is 57.0 Å². The maximum Gasteiger partial charge on any atom is 0.0331 e. The van der Waals surface area contributed by atoms with Crippen molar-refractivity contribution in [2.75, 3.05) is 19.6 Å². The normalized spacial score (nSPS) is 28.3. The van der Waals surface area contributed by atoms with Crippen molar-refractivity contribution < 1.29 is 0 Å². The molecule has 0 aliphatic heterocycles. The maximum atomic E-state index is 6.22. The molecule has 0 radical (unpaired) electrons. The molecule has 1 aliphatic carbocycles. The average Bonchev–Trinajstić information content (AvgIpc) is 2.48. The Bertz CT molecular complexity index is 231. The van der Waals surface area contributed by atoms with Crippen molar-refractivity contribution >= 4 is 0 Å². The molecule has 0 aromatic rings. The van der Waals surface area contributed by atoms with Crippen LogP contribution in [0.15, 0.2) is 0 Å². The molecular formula is C16H34N2. The molecule has 2 nitrogen and oxygen atoms in total. The van der Waals surface area contributed by atoms with Crippen molar-refractivity contribution in [2.24, 2.45) is 11.1 Å². The molecule has 1 atom stereocenters. The summed E-state index contributed by atoms with van der Waals surface area (Å²) in [5, 5.41) is 0. The Morgan fingerprint density at radius 2 is 1.56 bits per heavy atom. The van der Waals surface area contributed by atoms with Gasteiger partial charge >= 0.3 is 0 Å². The van der Waals surface area contributed by atoms with Crippen LogP contribution in [0.25, 0.3) is 0 Å². The minimum absolute atomic E-state index is 0.291. The zero-order valence-electron chi connectivity index (χ0n) is 13.1. The Hall–Kier alpha value is -0.0800. The van der Waals surface area contributed by atoms with Crippen LogP contribution in [0.5, 0.6) is 0 Å². The summed E-state index contributed by atoms with van der Waals surface area (Å²) in [5.41, 5.74) is 7.02. The predicted molar refractivity (Wildman–Crippen MR) is 80.8 cm³/mol. The molecule has 18 heavy (non-hydrogen) atoms. The second-order valence-electron chi connectivity index (χ2n) is 6.93. The molecule has 0 bridgehead atoms. The van der Waals surface area contributed by atoms with Crippen molar-refractivity contribution in [2.45, 2.75) is 78.2 Å². The van der Waals surface area contributed by atoms with Crippen molar-refractivity contribution in [3.05, 3.63) is 0 Å². The predicted octanol–water partition coefficient (Wildman–Crippen LogP) is 3.80. The van der Waals surface area contributed by atoms with Crippen molar-refractivity contribution in [3.8, 4) is 0 Å². The fourth-order valence-corrected chi connectivity index (χ4v) is 3.49. The monoisotopic (exact) mass is 254 g/mol. The molecule has 0 heterocycles. The van der Waals surface area contributed by atoms with Crippen LogP contribution in [0.2, 0.25) is 0 Å². The highest BCUT2D eigenvalue weighted by Gasteiger charge is 2.38. The molecule has 108 valence electrons. The van der Waals surface area contributed by atoms with Gasteiger partial charge in [0.1, 0.15) is 0 Å². The highest BCUT2D eigenvalue weighted by molar-refractivity contribution is 4.95. The SMILES string of the molecule is CCCN(CCC)C1(CN)CCCC(C)(C)CC1. The number of rotatable bonds is 6. The van der Waals surface area contributed by atoms with Crippen molar-refractivity contribution in [3.63, 3.8) is 0 Å². The number of hydrogen-bond donors (Lipinski definition) is 1. The van der Waals surface area contributed by atoms with Gasteiger partial charge in [0, 0.05) is 12.1 Å². The van der Waals surface area contributed by atoms with E-state index in [0.717, 1.165) is 6.54 Å². The van der Waals surface area contributed by atoms with Crippen molar-refractivity contribution in [1.82, 2.24) is 4.90 Å². The molecule has 1 saturated carbocycles. The summed E-state index contributed by atoms with van der Waals surface area (Å²) in [6, 6.07) is 0. The molecule has 1 aliphatic rings. The second-order valence-corrected chi connectivity index (χ2v) is 6.93. The Labute approximate surface area is 114 Å². The third-order valence-corrected chi connectivity index (χ3v) is 4.80. The van der Waals surface area contributed by atoms with Crippen LogP contribution in [0.3, 0.4) is 0 Å². The van der Waals surface area contributed by atoms with Crippen molar-refractivity contribution in [1.29, 1.82) is 0 Å². The number of nitrogens with zero attached hydrogens (tertiary/aromatic N) is 1. The lowest BCUT2D eigenvalue weighted by Gasteiger charge is -2.43. The van der Waals surface area contributed by atoms with Gasteiger partial charge in [0.25, 0.3) is 0 Å². The highest BCUT2D eigenvalue weighted by atomic mass is 15.2. The van der Waals surface area contributed by atoms with E-state index in [0.29, 0.717) is 11.0 Å². The summed E-state index contributed by atoms with van der Waals surface area (Å²) < 4.78 is 0. The second kappa shape index (κ2) is 6.91. The fraction of sp³-hybridized carbons (Fsp3) is 1.00. The van der Waals surface area contributed by atoms with Crippen LogP contribution in [0.1, 0.15) is 72.6 Å². The van der Waals surface area contributed by atoms with E-state index in [1.807, 2.05) is 0 Å². The molecular weight excluding hydrogens is 220 g/mol. The van der Waals surface area contributed by atoms with Crippen LogP contribution in [-0.2, 0) is 0 Å². The third kappa shape index (κ3) is 3.96. The summed E-state index contributed by atoms with van der Waals surface area (Å²) in [4.78, 5) is 2.70. The summed E-state index contributed by atoms with van der Waals surface area (Å²) in [6.07, 6.45) is 9.10. The number of nitrogens with two attached hydrogens (primary N) is 1. The van der Waals surface area contributed by atoms with Crippen LogP contribution in [0, 0.1) is 5.41 Å². The molecule has 2 N–H and O–H groups in total.